The van der Waals surface area contributed by atoms with Crippen LogP contribution in [0.3, 0.4) is 0 Å². The van der Waals surface area contributed by atoms with Crippen LogP contribution >= 0.6 is 0 Å². The fourth-order valence-corrected chi connectivity index (χ4v) is 2.58. The highest BCUT2D eigenvalue weighted by Gasteiger charge is 2.34. The number of rotatable bonds is 4. The van der Waals surface area contributed by atoms with Gasteiger partial charge in [-0.05, 0) is 53.2 Å². The molecule has 30 heavy (non-hydrogen) atoms. The van der Waals surface area contributed by atoms with E-state index in [4.69, 9.17) is 9.47 Å². The number of benzene rings is 1. The third-order valence-corrected chi connectivity index (χ3v) is 3.68. The molecule has 0 aliphatic heterocycles. The van der Waals surface area contributed by atoms with Gasteiger partial charge in [0.15, 0.2) is 0 Å². The SMILES string of the molecule is CC(C)(C)OC(=O)N(C(=O)OC(C)(C)C)c1cc(CC=O)cnc1-c1ccccc1. The molecule has 0 N–H and O–H groups in total. The summed E-state index contributed by atoms with van der Waals surface area (Å²) in [6, 6.07) is 10.7. The quantitative estimate of drug-likeness (QED) is 0.644. The summed E-state index contributed by atoms with van der Waals surface area (Å²) < 4.78 is 10.9. The highest BCUT2D eigenvalue weighted by atomic mass is 16.6. The molecule has 0 spiro atoms. The minimum absolute atomic E-state index is 0.0888. The van der Waals surface area contributed by atoms with Gasteiger partial charge >= 0.3 is 12.2 Å². The van der Waals surface area contributed by atoms with E-state index < -0.39 is 23.4 Å². The second kappa shape index (κ2) is 9.07. The Morgan fingerprint density at radius 2 is 1.50 bits per heavy atom. The van der Waals surface area contributed by atoms with Gasteiger partial charge in [0.25, 0.3) is 0 Å². The molecule has 0 bridgehead atoms. The van der Waals surface area contributed by atoms with E-state index >= 15 is 0 Å². The lowest BCUT2D eigenvalue weighted by molar-refractivity contribution is -0.107. The van der Waals surface area contributed by atoms with E-state index in [1.165, 1.54) is 0 Å². The molecule has 7 nitrogen and oxygen atoms in total. The molecule has 1 aromatic carbocycles. The molecule has 0 unspecified atom stereocenters. The van der Waals surface area contributed by atoms with Gasteiger partial charge in [0, 0.05) is 18.2 Å². The summed E-state index contributed by atoms with van der Waals surface area (Å²) in [6.07, 6.45) is 0.584. The Kier molecular flexibility index (Phi) is 6.97. The first kappa shape index (κ1) is 23.1. The lowest BCUT2D eigenvalue weighted by Gasteiger charge is -2.29. The standard InChI is InChI=1S/C23H28N2O5/c1-22(2,3)29-20(27)25(21(28)30-23(4,5)6)18-14-16(12-13-26)15-24-19(18)17-10-8-7-9-11-17/h7-11,13-15H,12H2,1-6H3. The van der Waals surface area contributed by atoms with Gasteiger partial charge in [-0.3, -0.25) is 4.98 Å². The number of pyridine rings is 1. The zero-order chi connectivity index (χ0) is 22.5. The highest BCUT2D eigenvalue weighted by molar-refractivity contribution is 6.11. The average molecular weight is 412 g/mol. The molecule has 0 radical (unpaired) electrons. The third-order valence-electron chi connectivity index (χ3n) is 3.68. The van der Waals surface area contributed by atoms with E-state index in [1.807, 2.05) is 30.3 Å². The van der Waals surface area contributed by atoms with Crippen LogP contribution in [-0.4, -0.2) is 34.7 Å². The van der Waals surface area contributed by atoms with Crippen molar-refractivity contribution in [2.75, 3.05) is 4.90 Å². The maximum absolute atomic E-state index is 13.0. The molecule has 0 saturated carbocycles. The summed E-state index contributed by atoms with van der Waals surface area (Å²) in [4.78, 5) is 42.4. The molecular weight excluding hydrogens is 384 g/mol. The second-order valence-corrected chi connectivity index (χ2v) is 8.74. The van der Waals surface area contributed by atoms with Crippen LogP contribution in [0.15, 0.2) is 42.6 Å². The second-order valence-electron chi connectivity index (χ2n) is 8.74. The molecule has 7 heteroatoms. The van der Waals surface area contributed by atoms with Crippen LogP contribution in [-0.2, 0) is 20.7 Å². The monoisotopic (exact) mass is 412 g/mol. The van der Waals surface area contributed by atoms with Gasteiger partial charge in [0.05, 0.1) is 11.4 Å². The fraction of sp³-hybridized carbons (Fsp3) is 0.391. The Hall–Kier alpha value is -3.22. The van der Waals surface area contributed by atoms with Gasteiger partial charge in [0.1, 0.15) is 17.5 Å². The molecule has 2 aromatic rings. The summed E-state index contributed by atoms with van der Waals surface area (Å²) in [6.45, 7) is 10.2. The van der Waals surface area contributed by atoms with Crippen LogP contribution in [0.2, 0.25) is 0 Å². The molecule has 160 valence electrons. The van der Waals surface area contributed by atoms with Gasteiger partial charge < -0.3 is 14.3 Å². The minimum Gasteiger partial charge on any atom is -0.443 e. The van der Waals surface area contributed by atoms with E-state index in [-0.39, 0.29) is 12.1 Å². The average Bonchev–Trinajstić information content (AvgIpc) is 2.60. The maximum Gasteiger partial charge on any atom is 0.424 e. The number of aromatic nitrogens is 1. The van der Waals surface area contributed by atoms with Crippen molar-refractivity contribution in [2.45, 2.75) is 59.2 Å². The normalized spacial score (nSPS) is 11.5. The summed E-state index contributed by atoms with van der Waals surface area (Å²) in [7, 11) is 0. The summed E-state index contributed by atoms with van der Waals surface area (Å²) in [5.41, 5.74) is 0.154. The van der Waals surface area contributed by atoms with Crippen LogP contribution in [0.25, 0.3) is 11.3 Å². The molecule has 2 rings (SSSR count). The molecule has 0 atom stereocenters. The Balaban J connectivity index is 2.67. The fourth-order valence-electron chi connectivity index (χ4n) is 2.58. The van der Waals surface area contributed by atoms with Crippen LogP contribution in [0, 0.1) is 0 Å². The summed E-state index contributed by atoms with van der Waals surface area (Å²) in [5.74, 6) is 0. The first-order chi connectivity index (χ1) is 13.9. The zero-order valence-electron chi connectivity index (χ0n) is 18.3. The molecule has 1 heterocycles. The number of aldehydes is 1. The van der Waals surface area contributed by atoms with Gasteiger partial charge in [-0.2, -0.15) is 4.90 Å². The van der Waals surface area contributed by atoms with Crippen molar-refractivity contribution in [2.24, 2.45) is 0 Å². The van der Waals surface area contributed by atoms with Crippen LogP contribution in [0.5, 0.6) is 0 Å². The summed E-state index contributed by atoms with van der Waals surface area (Å²) in [5, 5.41) is 0. The van der Waals surface area contributed by atoms with E-state index in [9.17, 15) is 14.4 Å². The first-order valence-electron chi connectivity index (χ1n) is 9.65. The molecule has 0 fully saturated rings. The van der Waals surface area contributed by atoms with Crippen LogP contribution in [0.4, 0.5) is 15.3 Å². The van der Waals surface area contributed by atoms with Crippen molar-refractivity contribution in [3.05, 3.63) is 48.2 Å². The molecule has 0 aliphatic rings. The number of hydrogen-bond donors (Lipinski definition) is 0. The maximum atomic E-state index is 13.0. The number of carbonyl (C=O) groups excluding carboxylic acids is 3. The molecule has 2 amide bonds. The lowest BCUT2D eigenvalue weighted by Crippen LogP contribution is -2.44. The number of carbonyl (C=O) groups is 3. The number of amides is 2. The van der Waals surface area contributed by atoms with Gasteiger partial charge in [-0.1, -0.05) is 30.3 Å². The predicted molar refractivity (Wildman–Crippen MR) is 114 cm³/mol. The van der Waals surface area contributed by atoms with Crippen molar-refractivity contribution in [3.8, 4) is 11.3 Å². The van der Waals surface area contributed by atoms with E-state index in [1.54, 1.807) is 53.8 Å². The lowest BCUT2D eigenvalue weighted by atomic mass is 10.1. The smallest absolute Gasteiger partial charge is 0.424 e. The number of nitrogens with zero attached hydrogens (tertiary/aromatic N) is 2. The van der Waals surface area contributed by atoms with E-state index in [0.717, 1.165) is 11.2 Å². The number of anilines is 1. The van der Waals surface area contributed by atoms with Crippen molar-refractivity contribution >= 4 is 24.2 Å². The van der Waals surface area contributed by atoms with Crippen molar-refractivity contribution in [1.82, 2.24) is 4.98 Å². The molecule has 0 saturated heterocycles. The van der Waals surface area contributed by atoms with E-state index in [0.29, 0.717) is 16.8 Å². The molecular formula is C23H28N2O5. The Morgan fingerprint density at radius 3 is 1.97 bits per heavy atom. The largest absolute Gasteiger partial charge is 0.443 e. The zero-order valence-corrected chi connectivity index (χ0v) is 18.3. The first-order valence-corrected chi connectivity index (χ1v) is 9.65. The third kappa shape index (κ3) is 6.40. The van der Waals surface area contributed by atoms with Crippen LogP contribution < -0.4 is 4.90 Å². The Bertz CT molecular complexity index is 883. The topological polar surface area (TPSA) is 85.8 Å². The highest BCUT2D eigenvalue weighted by Crippen LogP contribution is 2.32. The van der Waals surface area contributed by atoms with Gasteiger partial charge in [-0.25, -0.2) is 9.59 Å². The van der Waals surface area contributed by atoms with Crippen molar-refractivity contribution < 1.29 is 23.9 Å². The summed E-state index contributed by atoms with van der Waals surface area (Å²) >= 11 is 0. The van der Waals surface area contributed by atoms with Gasteiger partial charge in [0.2, 0.25) is 0 Å². The predicted octanol–water partition coefficient (Wildman–Crippen LogP) is 5.17. The van der Waals surface area contributed by atoms with Crippen molar-refractivity contribution in [1.29, 1.82) is 0 Å². The van der Waals surface area contributed by atoms with Crippen molar-refractivity contribution in [3.63, 3.8) is 0 Å². The van der Waals surface area contributed by atoms with Gasteiger partial charge in [-0.15, -0.1) is 0 Å². The van der Waals surface area contributed by atoms with Crippen LogP contribution in [0.1, 0.15) is 47.1 Å². The number of imide groups is 1. The number of ether oxygens (including phenoxy) is 2. The Labute approximate surface area is 177 Å². The molecule has 0 aliphatic carbocycles. The molecule has 1 aromatic heterocycles. The van der Waals surface area contributed by atoms with E-state index in [2.05, 4.69) is 4.98 Å². The minimum atomic E-state index is -0.890. The Morgan fingerprint density at radius 1 is 0.967 bits per heavy atom. The number of hydrogen-bond acceptors (Lipinski definition) is 6.